The predicted octanol–water partition coefficient (Wildman–Crippen LogP) is 4.06. The predicted molar refractivity (Wildman–Crippen MR) is 65.7 cm³/mol. The summed E-state index contributed by atoms with van der Waals surface area (Å²) in [6.45, 7) is 4.88. The molecular weight excluding hydrogens is 257 g/mol. The van der Waals surface area contributed by atoms with Gasteiger partial charge in [-0.3, -0.25) is 4.79 Å². The number of rotatable bonds is 3. The lowest BCUT2D eigenvalue weighted by Crippen LogP contribution is -2.30. The zero-order valence-corrected chi connectivity index (χ0v) is 11.1. The van der Waals surface area contributed by atoms with Gasteiger partial charge in [0, 0.05) is 0 Å². The molecule has 1 rings (SSSR count). The Labute approximate surface area is 110 Å². The molecule has 106 valence electrons. The van der Waals surface area contributed by atoms with Crippen LogP contribution in [-0.2, 0) is 9.53 Å². The van der Waals surface area contributed by atoms with Gasteiger partial charge in [0.25, 0.3) is 0 Å². The molecule has 19 heavy (non-hydrogen) atoms. The maximum absolute atomic E-state index is 12.6. The lowest BCUT2D eigenvalue weighted by atomic mass is 9.95. The van der Waals surface area contributed by atoms with Gasteiger partial charge in [-0.15, -0.1) is 0 Å². The Balaban J connectivity index is 2.97. The van der Waals surface area contributed by atoms with Crippen LogP contribution >= 0.6 is 0 Å². The number of carbonyl (C=O) groups is 1. The van der Waals surface area contributed by atoms with E-state index in [9.17, 15) is 18.0 Å². The van der Waals surface area contributed by atoms with Crippen LogP contribution in [0.2, 0.25) is 0 Å². The first-order valence-electron chi connectivity index (χ1n) is 5.93. The topological polar surface area (TPSA) is 26.3 Å². The monoisotopic (exact) mass is 274 g/mol. The van der Waals surface area contributed by atoms with Gasteiger partial charge in [0.15, 0.2) is 0 Å². The van der Waals surface area contributed by atoms with Crippen molar-refractivity contribution in [1.82, 2.24) is 0 Å². The van der Waals surface area contributed by atoms with Gasteiger partial charge < -0.3 is 4.74 Å². The highest BCUT2D eigenvalue weighted by atomic mass is 19.4. The highest BCUT2D eigenvalue weighted by Gasteiger charge is 2.38. The largest absolute Gasteiger partial charge is 0.459 e. The third-order valence-electron chi connectivity index (χ3n) is 2.33. The molecule has 0 fully saturated rings. The summed E-state index contributed by atoms with van der Waals surface area (Å²) in [4.78, 5) is 11.9. The average molecular weight is 274 g/mol. The van der Waals surface area contributed by atoms with Crippen molar-refractivity contribution in [3.05, 3.63) is 35.9 Å². The number of benzene rings is 1. The molecule has 0 radical (unpaired) electrons. The minimum Gasteiger partial charge on any atom is -0.459 e. The molecular formula is C14H17F3O2. The van der Waals surface area contributed by atoms with E-state index >= 15 is 0 Å². The van der Waals surface area contributed by atoms with Crippen LogP contribution in [0.1, 0.15) is 38.7 Å². The smallest absolute Gasteiger partial charge is 0.390 e. The van der Waals surface area contributed by atoms with Crippen LogP contribution in [0.15, 0.2) is 30.3 Å². The number of hydrogen-bond donors (Lipinski definition) is 0. The number of carbonyl (C=O) groups excluding carboxylic acids is 1. The molecule has 0 saturated heterocycles. The summed E-state index contributed by atoms with van der Waals surface area (Å²) in [5.74, 6) is -2.17. The van der Waals surface area contributed by atoms with E-state index in [1.165, 1.54) is 12.1 Å². The zero-order chi connectivity index (χ0) is 14.7. The molecule has 0 aromatic heterocycles. The minimum absolute atomic E-state index is 0.314. The second-order valence-electron chi connectivity index (χ2n) is 5.32. The Bertz CT molecular complexity index is 419. The normalized spacial score (nSPS) is 14.0. The molecule has 1 aromatic carbocycles. The number of alkyl halides is 3. The Morgan fingerprint density at radius 3 is 2.11 bits per heavy atom. The van der Waals surface area contributed by atoms with E-state index in [1.54, 1.807) is 39.0 Å². The van der Waals surface area contributed by atoms with Crippen LogP contribution in [0.3, 0.4) is 0 Å². The molecule has 0 bridgehead atoms. The highest BCUT2D eigenvalue weighted by molar-refractivity contribution is 5.78. The van der Waals surface area contributed by atoms with E-state index in [4.69, 9.17) is 4.74 Å². The van der Waals surface area contributed by atoms with Crippen molar-refractivity contribution in [1.29, 1.82) is 0 Å². The van der Waals surface area contributed by atoms with Crippen molar-refractivity contribution >= 4 is 5.97 Å². The molecule has 1 aromatic rings. The molecule has 1 unspecified atom stereocenters. The fraction of sp³-hybridized carbons (Fsp3) is 0.500. The number of halogens is 3. The molecule has 0 amide bonds. The van der Waals surface area contributed by atoms with Crippen molar-refractivity contribution in [2.45, 2.75) is 44.9 Å². The van der Waals surface area contributed by atoms with Gasteiger partial charge in [0.05, 0.1) is 12.3 Å². The van der Waals surface area contributed by atoms with Gasteiger partial charge in [0.1, 0.15) is 5.60 Å². The summed E-state index contributed by atoms with van der Waals surface area (Å²) in [6.07, 6.45) is -5.64. The number of esters is 1. The van der Waals surface area contributed by atoms with Crippen molar-refractivity contribution in [2.24, 2.45) is 0 Å². The number of ether oxygens (including phenoxy) is 1. The summed E-state index contributed by atoms with van der Waals surface area (Å²) in [7, 11) is 0. The minimum atomic E-state index is -4.42. The van der Waals surface area contributed by atoms with Gasteiger partial charge in [-0.1, -0.05) is 30.3 Å². The first kappa shape index (κ1) is 15.5. The summed E-state index contributed by atoms with van der Waals surface area (Å²) >= 11 is 0. The summed E-state index contributed by atoms with van der Waals surface area (Å²) in [5, 5.41) is 0. The van der Waals surface area contributed by atoms with Crippen LogP contribution in [-0.4, -0.2) is 17.7 Å². The second-order valence-corrected chi connectivity index (χ2v) is 5.32. The van der Waals surface area contributed by atoms with Gasteiger partial charge in [-0.25, -0.2) is 0 Å². The summed E-state index contributed by atoms with van der Waals surface area (Å²) in [6, 6.07) is 7.88. The molecule has 2 nitrogen and oxygen atoms in total. The van der Waals surface area contributed by atoms with Crippen molar-refractivity contribution in [2.75, 3.05) is 0 Å². The summed E-state index contributed by atoms with van der Waals surface area (Å²) < 4.78 is 42.8. The first-order chi connectivity index (χ1) is 8.58. The molecule has 0 saturated carbocycles. The van der Waals surface area contributed by atoms with Gasteiger partial charge >= 0.3 is 12.1 Å². The Morgan fingerprint density at radius 2 is 1.68 bits per heavy atom. The standard InChI is InChI=1S/C14H17F3O2/c1-13(2,3)19-12(18)11(9-14(15,16)17)10-7-5-4-6-8-10/h4-8,11H,9H2,1-3H3. The van der Waals surface area contributed by atoms with E-state index in [0.717, 1.165) is 0 Å². The van der Waals surface area contributed by atoms with Crippen LogP contribution in [0.5, 0.6) is 0 Å². The molecule has 5 heteroatoms. The van der Waals surface area contributed by atoms with Crippen LogP contribution in [0.4, 0.5) is 13.2 Å². The third kappa shape index (κ3) is 5.77. The van der Waals surface area contributed by atoms with Gasteiger partial charge in [0.2, 0.25) is 0 Å². The average Bonchev–Trinajstić information content (AvgIpc) is 2.23. The van der Waals surface area contributed by atoms with E-state index in [-0.39, 0.29) is 0 Å². The Morgan fingerprint density at radius 1 is 1.16 bits per heavy atom. The van der Waals surface area contributed by atoms with E-state index in [1.807, 2.05) is 0 Å². The fourth-order valence-corrected chi connectivity index (χ4v) is 1.63. The second kappa shape index (κ2) is 5.63. The molecule has 0 spiro atoms. The highest BCUT2D eigenvalue weighted by Crippen LogP contribution is 2.33. The lowest BCUT2D eigenvalue weighted by molar-refractivity contribution is -0.169. The van der Waals surface area contributed by atoms with Crippen molar-refractivity contribution in [3.8, 4) is 0 Å². The SMILES string of the molecule is CC(C)(C)OC(=O)C(CC(F)(F)F)c1ccccc1. The van der Waals surface area contributed by atoms with Crippen molar-refractivity contribution in [3.63, 3.8) is 0 Å². The fourth-order valence-electron chi connectivity index (χ4n) is 1.63. The third-order valence-corrected chi connectivity index (χ3v) is 2.33. The lowest BCUT2D eigenvalue weighted by Gasteiger charge is -2.24. The molecule has 0 aliphatic rings. The van der Waals surface area contributed by atoms with Crippen LogP contribution < -0.4 is 0 Å². The molecule has 0 heterocycles. The molecule has 1 atom stereocenters. The number of hydrogen-bond acceptors (Lipinski definition) is 2. The molecule has 0 N–H and O–H groups in total. The van der Waals surface area contributed by atoms with Crippen molar-refractivity contribution < 1.29 is 22.7 Å². The maximum atomic E-state index is 12.6. The zero-order valence-electron chi connectivity index (χ0n) is 11.1. The van der Waals surface area contributed by atoms with E-state index in [2.05, 4.69) is 0 Å². The maximum Gasteiger partial charge on any atom is 0.390 e. The Hall–Kier alpha value is -1.52. The molecule has 0 aliphatic carbocycles. The Kier molecular flexibility index (Phi) is 4.61. The van der Waals surface area contributed by atoms with E-state index < -0.39 is 30.1 Å². The first-order valence-corrected chi connectivity index (χ1v) is 5.93. The summed E-state index contributed by atoms with van der Waals surface area (Å²) in [5.41, 5.74) is -0.496. The van der Waals surface area contributed by atoms with E-state index in [0.29, 0.717) is 5.56 Å². The quantitative estimate of drug-likeness (QED) is 0.777. The van der Waals surface area contributed by atoms with Crippen LogP contribution in [0, 0.1) is 0 Å². The molecule has 0 aliphatic heterocycles. The van der Waals surface area contributed by atoms with Gasteiger partial charge in [-0.2, -0.15) is 13.2 Å². The van der Waals surface area contributed by atoms with Gasteiger partial charge in [-0.05, 0) is 26.3 Å². The van der Waals surface area contributed by atoms with Crippen LogP contribution in [0.25, 0.3) is 0 Å².